The Bertz CT molecular complexity index is 1010. The van der Waals surface area contributed by atoms with E-state index in [1.165, 1.54) is 7.11 Å². The van der Waals surface area contributed by atoms with Crippen LogP contribution in [0.1, 0.15) is 83.4 Å². The van der Waals surface area contributed by atoms with Gasteiger partial charge in [0, 0.05) is 17.8 Å². The van der Waals surface area contributed by atoms with Gasteiger partial charge in [-0.25, -0.2) is 22.0 Å². The van der Waals surface area contributed by atoms with Crippen molar-refractivity contribution in [1.29, 1.82) is 0 Å². The summed E-state index contributed by atoms with van der Waals surface area (Å²) in [7, 11) is 0.791. The first kappa shape index (κ1) is 29.5. The van der Waals surface area contributed by atoms with Crippen molar-refractivity contribution in [1.82, 2.24) is 0 Å². The Balaban J connectivity index is 2.86. The van der Waals surface area contributed by atoms with Gasteiger partial charge in [0.05, 0.1) is 5.30 Å². The predicted octanol–water partition coefficient (Wildman–Crippen LogP) is 8.16. The van der Waals surface area contributed by atoms with E-state index in [4.69, 9.17) is 9.47 Å². The van der Waals surface area contributed by atoms with Crippen LogP contribution in [-0.2, 0) is 15.3 Å². The number of hydrogen-bond acceptors (Lipinski definition) is 2. The predicted molar refractivity (Wildman–Crippen MR) is 133 cm³/mol. The lowest BCUT2D eigenvalue weighted by Gasteiger charge is -2.37. The molecule has 35 heavy (non-hydrogen) atoms. The molecule has 0 aliphatic carbocycles. The Hall–Kier alpha value is -1.72. The molecule has 0 bridgehead atoms. The molecule has 2 aromatic carbocycles. The van der Waals surface area contributed by atoms with E-state index in [2.05, 4.69) is 20.8 Å². The van der Waals surface area contributed by atoms with Crippen molar-refractivity contribution in [3.8, 4) is 5.75 Å². The number of unbranched alkanes of at least 4 members (excludes halogenated alkanes) is 2. The Kier molecular flexibility index (Phi) is 10.1. The van der Waals surface area contributed by atoms with Gasteiger partial charge >= 0.3 is 0 Å². The highest BCUT2D eigenvalue weighted by Gasteiger charge is 2.38. The van der Waals surface area contributed by atoms with Crippen LogP contribution in [0.25, 0.3) is 0 Å². The Labute approximate surface area is 207 Å². The third kappa shape index (κ3) is 6.35. The molecule has 196 valence electrons. The van der Waals surface area contributed by atoms with E-state index >= 15 is 0 Å². The van der Waals surface area contributed by atoms with Crippen LogP contribution in [0, 0.1) is 36.0 Å². The SMILES string of the molecule is CCCCCC(CC)(Pc1c(F)c(F)c(F)c(F)c1F)c1cc(C(C)(C)C)cc(C)c1OCOC. The zero-order valence-electron chi connectivity index (χ0n) is 21.6. The third-order valence-corrected chi connectivity index (χ3v) is 8.40. The van der Waals surface area contributed by atoms with Crippen molar-refractivity contribution in [2.75, 3.05) is 13.9 Å². The fraction of sp³-hybridized carbons (Fsp3) is 0.556. The van der Waals surface area contributed by atoms with E-state index in [1.807, 2.05) is 32.9 Å². The van der Waals surface area contributed by atoms with Crippen molar-refractivity contribution in [3.63, 3.8) is 0 Å². The molecule has 2 atom stereocenters. The summed E-state index contributed by atoms with van der Waals surface area (Å²) in [5, 5.41) is -1.67. The van der Waals surface area contributed by atoms with Crippen molar-refractivity contribution in [2.24, 2.45) is 0 Å². The lowest BCUT2D eigenvalue weighted by molar-refractivity contribution is 0.0493. The van der Waals surface area contributed by atoms with Crippen LogP contribution in [0.3, 0.4) is 0 Å². The lowest BCUT2D eigenvalue weighted by atomic mass is 9.80. The number of rotatable bonds is 11. The van der Waals surface area contributed by atoms with Gasteiger partial charge in [0.25, 0.3) is 0 Å². The van der Waals surface area contributed by atoms with Gasteiger partial charge in [-0.1, -0.05) is 74.6 Å². The van der Waals surface area contributed by atoms with E-state index in [0.717, 1.165) is 30.4 Å². The summed E-state index contributed by atoms with van der Waals surface area (Å²) in [4.78, 5) is 0. The Morgan fingerprint density at radius 1 is 0.857 bits per heavy atom. The zero-order chi connectivity index (χ0) is 26.6. The molecule has 0 heterocycles. The van der Waals surface area contributed by atoms with Crippen LogP contribution in [0.4, 0.5) is 22.0 Å². The summed E-state index contributed by atoms with van der Waals surface area (Å²) in [5.74, 6) is -8.99. The van der Waals surface area contributed by atoms with Crippen LogP contribution >= 0.6 is 8.58 Å². The fourth-order valence-electron chi connectivity index (χ4n) is 4.22. The number of benzene rings is 2. The maximum absolute atomic E-state index is 14.9. The highest BCUT2D eigenvalue weighted by Crippen LogP contribution is 2.53. The molecule has 0 aliphatic rings. The van der Waals surface area contributed by atoms with Crippen molar-refractivity contribution >= 4 is 13.9 Å². The molecule has 0 N–H and O–H groups in total. The first-order valence-electron chi connectivity index (χ1n) is 11.9. The van der Waals surface area contributed by atoms with Gasteiger partial charge in [-0.2, -0.15) is 0 Å². The molecule has 0 amide bonds. The molecule has 0 spiro atoms. The maximum atomic E-state index is 14.9. The monoisotopic (exact) mass is 518 g/mol. The maximum Gasteiger partial charge on any atom is 0.200 e. The molecule has 0 fully saturated rings. The second-order valence-corrected chi connectivity index (χ2v) is 11.6. The first-order chi connectivity index (χ1) is 16.3. The molecule has 0 saturated heterocycles. The van der Waals surface area contributed by atoms with E-state index < -0.39 is 48.1 Å². The minimum Gasteiger partial charge on any atom is -0.467 e. The van der Waals surface area contributed by atoms with Crippen LogP contribution in [0.2, 0.25) is 0 Å². The van der Waals surface area contributed by atoms with Crippen LogP contribution in [0.5, 0.6) is 5.75 Å². The summed E-state index contributed by atoms with van der Waals surface area (Å²) in [5.41, 5.74) is 2.28. The summed E-state index contributed by atoms with van der Waals surface area (Å²) >= 11 is 0. The number of halogens is 5. The quantitative estimate of drug-likeness (QED) is 0.0746. The van der Waals surface area contributed by atoms with Gasteiger partial charge in [0.15, 0.2) is 30.1 Å². The average Bonchev–Trinajstić information content (AvgIpc) is 2.81. The molecular weight excluding hydrogens is 482 g/mol. The first-order valence-corrected chi connectivity index (χ1v) is 12.9. The molecule has 2 aromatic rings. The molecular formula is C27H36F5O2P. The minimum atomic E-state index is -2.14. The molecule has 0 aromatic heterocycles. The second-order valence-electron chi connectivity index (χ2n) is 9.93. The molecule has 2 unspecified atom stereocenters. The number of ether oxygens (including phenoxy) is 2. The molecule has 2 rings (SSSR count). The van der Waals surface area contributed by atoms with Crippen molar-refractivity contribution < 1.29 is 31.4 Å². The van der Waals surface area contributed by atoms with E-state index in [-0.39, 0.29) is 12.2 Å². The number of aryl methyl sites for hydroxylation is 1. The zero-order valence-corrected chi connectivity index (χ0v) is 22.6. The van der Waals surface area contributed by atoms with E-state index in [9.17, 15) is 22.0 Å². The van der Waals surface area contributed by atoms with Crippen LogP contribution in [-0.4, -0.2) is 13.9 Å². The Morgan fingerprint density at radius 3 is 1.91 bits per heavy atom. The van der Waals surface area contributed by atoms with Gasteiger partial charge in [0.1, 0.15) is 5.75 Å². The molecule has 0 aliphatic heterocycles. The van der Waals surface area contributed by atoms with Gasteiger partial charge in [-0.15, -0.1) is 0 Å². The van der Waals surface area contributed by atoms with Crippen LogP contribution < -0.4 is 10.0 Å². The minimum absolute atomic E-state index is 0.0386. The fourth-order valence-corrected chi connectivity index (χ4v) is 5.94. The van der Waals surface area contributed by atoms with Gasteiger partial charge in [0.2, 0.25) is 5.82 Å². The molecule has 2 nitrogen and oxygen atoms in total. The number of methoxy groups -OCH3 is 1. The highest BCUT2D eigenvalue weighted by atomic mass is 31.1. The van der Waals surface area contributed by atoms with E-state index in [0.29, 0.717) is 24.2 Å². The number of hydrogen-bond donors (Lipinski definition) is 0. The summed E-state index contributed by atoms with van der Waals surface area (Å²) in [6, 6.07) is 3.97. The van der Waals surface area contributed by atoms with Crippen molar-refractivity contribution in [3.05, 3.63) is 57.9 Å². The lowest BCUT2D eigenvalue weighted by Crippen LogP contribution is -2.28. The topological polar surface area (TPSA) is 18.5 Å². The van der Waals surface area contributed by atoms with E-state index in [1.54, 1.807) is 0 Å². The normalized spacial score (nSPS) is 14.1. The van der Waals surface area contributed by atoms with Gasteiger partial charge < -0.3 is 9.47 Å². The second kappa shape index (κ2) is 12.0. The molecule has 0 radical (unpaired) electrons. The molecule has 0 saturated carbocycles. The summed E-state index contributed by atoms with van der Waals surface area (Å²) < 4.78 is 82.8. The van der Waals surface area contributed by atoms with Crippen molar-refractivity contribution in [2.45, 2.75) is 84.2 Å². The van der Waals surface area contributed by atoms with Gasteiger partial charge in [-0.05, 0) is 36.3 Å². The van der Waals surface area contributed by atoms with Crippen LogP contribution in [0.15, 0.2) is 12.1 Å². The summed E-state index contributed by atoms with van der Waals surface area (Å²) in [6.07, 6.45) is 3.45. The summed E-state index contributed by atoms with van der Waals surface area (Å²) in [6.45, 7) is 11.9. The highest BCUT2D eigenvalue weighted by molar-refractivity contribution is 7.48. The van der Waals surface area contributed by atoms with Gasteiger partial charge in [-0.3, -0.25) is 0 Å². The Morgan fingerprint density at radius 2 is 1.43 bits per heavy atom. The molecule has 8 heteroatoms. The largest absolute Gasteiger partial charge is 0.467 e. The smallest absolute Gasteiger partial charge is 0.200 e. The standard InChI is InChI=1S/C27H36F5O2P/c1-8-10-11-12-27(9-2,35-25-22(31)20(29)19(28)21(30)23(25)32)18-14-17(26(4,5)6)13-16(3)24(18)34-15-33-7/h13-14,35H,8-12,15H2,1-7H3. The average molecular weight is 519 g/mol. The third-order valence-electron chi connectivity index (χ3n) is 6.36.